The molecule has 4 nitrogen and oxygen atoms in total. The number of nitrogens with one attached hydrogen (secondary N) is 1. The van der Waals surface area contributed by atoms with Crippen LogP contribution in [0.3, 0.4) is 0 Å². The van der Waals surface area contributed by atoms with Gasteiger partial charge >= 0.3 is 0 Å². The summed E-state index contributed by atoms with van der Waals surface area (Å²) in [7, 11) is 0. The second-order valence-electron chi connectivity index (χ2n) is 4.58. The van der Waals surface area contributed by atoms with Crippen molar-refractivity contribution in [3.05, 3.63) is 64.3 Å². The molecule has 0 saturated heterocycles. The number of carbonyl (C=O) groups is 1. The van der Waals surface area contributed by atoms with Crippen LogP contribution in [-0.2, 0) is 6.54 Å². The van der Waals surface area contributed by atoms with Crippen LogP contribution >= 0.6 is 11.3 Å². The van der Waals surface area contributed by atoms with Crippen LogP contribution in [0.15, 0.2) is 53.1 Å². The van der Waals surface area contributed by atoms with Crippen LogP contribution in [0.1, 0.15) is 20.4 Å². The Hall–Kier alpha value is -2.40. The van der Waals surface area contributed by atoms with Crippen molar-refractivity contribution in [2.24, 2.45) is 0 Å². The molecule has 0 aliphatic carbocycles. The van der Waals surface area contributed by atoms with E-state index in [1.165, 1.54) is 11.3 Å². The molecule has 0 radical (unpaired) electrons. The Morgan fingerprint density at radius 1 is 1.24 bits per heavy atom. The van der Waals surface area contributed by atoms with Crippen molar-refractivity contribution in [1.29, 1.82) is 0 Å². The van der Waals surface area contributed by atoms with E-state index in [9.17, 15) is 4.79 Å². The number of oxazole rings is 1. The first-order valence-corrected chi connectivity index (χ1v) is 7.39. The maximum absolute atomic E-state index is 11.9. The molecule has 2 heterocycles. The molecule has 1 aromatic carbocycles. The van der Waals surface area contributed by atoms with Gasteiger partial charge in [-0.2, -0.15) is 0 Å². The largest absolute Gasteiger partial charge is 0.439 e. The molecule has 5 heteroatoms. The topological polar surface area (TPSA) is 55.1 Å². The molecule has 1 N–H and O–H groups in total. The summed E-state index contributed by atoms with van der Waals surface area (Å²) in [6, 6.07) is 13.5. The monoisotopic (exact) mass is 298 g/mol. The number of hydrogen-bond acceptors (Lipinski definition) is 4. The molecule has 106 valence electrons. The van der Waals surface area contributed by atoms with E-state index >= 15 is 0 Å². The van der Waals surface area contributed by atoms with Crippen LogP contribution in [0.4, 0.5) is 0 Å². The highest BCUT2D eigenvalue weighted by molar-refractivity contribution is 7.13. The summed E-state index contributed by atoms with van der Waals surface area (Å²) in [4.78, 5) is 17.9. The van der Waals surface area contributed by atoms with Crippen LogP contribution in [0.5, 0.6) is 0 Å². The highest BCUT2D eigenvalue weighted by Crippen LogP contribution is 2.20. The van der Waals surface area contributed by atoms with E-state index in [2.05, 4.69) is 10.3 Å². The van der Waals surface area contributed by atoms with Gasteiger partial charge in [-0.25, -0.2) is 4.98 Å². The lowest BCUT2D eigenvalue weighted by atomic mass is 10.2. The SMILES string of the molecule is Cc1ccc(C(=O)NCc2ncc(-c3ccccc3)o2)s1. The molecule has 1 amide bonds. The van der Waals surface area contributed by atoms with E-state index in [4.69, 9.17) is 4.42 Å². The van der Waals surface area contributed by atoms with Crippen LogP contribution in [0.25, 0.3) is 11.3 Å². The third-order valence-corrected chi connectivity index (χ3v) is 3.98. The highest BCUT2D eigenvalue weighted by atomic mass is 32.1. The lowest BCUT2D eigenvalue weighted by Crippen LogP contribution is -2.21. The first-order chi connectivity index (χ1) is 10.2. The summed E-state index contributed by atoms with van der Waals surface area (Å²) >= 11 is 1.47. The predicted octanol–water partition coefficient (Wildman–Crippen LogP) is 3.64. The van der Waals surface area contributed by atoms with E-state index in [1.807, 2.05) is 49.4 Å². The van der Waals surface area contributed by atoms with E-state index in [0.717, 1.165) is 10.4 Å². The zero-order chi connectivity index (χ0) is 14.7. The normalized spacial score (nSPS) is 10.5. The third kappa shape index (κ3) is 3.20. The maximum atomic E-state index is 11.9. The van der Waals surface area contributed by atoms with E-state index in [0.29, 0.717) is 16.5 Å². The Bertz CT molecular complexity index is 746. The molecule has 0 atom stereocenters. The van der Waals surface area contributed by atoms with Gasteiger partial charge in [0.05, 0.1) is 17.6 Å². The first kappa shape index (κ1) is 13.6. The zero-order valence-corrected chi connectivity index (χ0v) is 12.3. The smallest absolute Gasteiger partial charge is 0.261 e. The van der Waals surface area contributed by atoms with Crippen molar-refractivity contribution >= 4 is 17.2 Å². The summed E-state index contributed by atoms with van der Waals surface area (Å²) < 4.78 is 5.64. The molecule has 0 unspecified atom stereocenters. The Balaban J connectivity index is 1.64. The van der Waals surface area contributed by atoms with Crippen LogP contribution in [0.2, 0.25) is 0 Å². The number of aromatic nitrogens is 1. The Labute approximate surface area is 126 Å². The van der Waals surface area contributed by atoms with Gasteiger partial charge in [-0.15, -0.1) is 11.3 Å². The van der Waals surface area contributed by atoms with Gasteiger partial charge in [-0.05, 0) is 19.1 Å². The minimum atomic E-state index is -0.104. The van der Waals surface area contributed by atoms with E-state index < -0.39 is 0 Å². The molecule has 0 aliphatic rings. The molecule has 0 saturated carbocycles. The van der Waals surface area contributed by atoms with Gasteiger partial charge in [-0.3, -0.25) is 4.79 Å². The number of benzene rings is 1. The van der Waals surface area contributed by atoms with Gasteiger partial charge in [-0.1, -0.05) is 30.3 Å². The fourth-order valence-corrected chi connectivity index (χ4v) is 2.71. The van der Waals surface area contributed by atoms with E-state index in [1.54, 1.807) is 6.20 Å². The minimum absolute atomic E-state index is 0.104. The van der Waals surface area contributed by atoms with Gasteiger partial charge in [0.2, 0.25) is 5.89 Å². The number of carbonyl (C=O) groups excluding carboxylic acids is 1. The minimum Gasteiger partial charge on any atom is -0.439 e. The highest BCUT2D eigenvalue weighted by Gasteiger charge is 2.10. The van der Waals surface area contributed by atoms with Crippen molar-refractivity contribution in [2.45, 2.75) is 13.5 Å². The lowest BCUT2D eigenvalue weighted by Gasteiger charge is -2.00. The van der Waals surface area contributed by atoms with Crippen molar-refractivity contribution < 1.29 is 9.21 Å². The second kappa shape index (κ2) is 5.93. The number of amides is 1. The van der Waals surface area contributed by atoms with Crippen LogP contribution in [-0.4, -0.2) is 10.9 Å². The second-order valence-corrected chi connectivity index (χ2v) is 5.87. The van der Waals surface area contributed by atoms with Crippen molar-refractivity contribution in [1.82, 2.24) is 10.3 Å². The summed E-state index contributed by atoms with van der Waals surface area (Å²) in [5.41, 5.74) is 0.969. The number of nitrogens with zero attached hydrogens (tertiary/aromatic N) is 1. The molecule has 3 rings (SSSR count). The van der Waals surface area contributed by atoms with Crippen LogP contribution in [0, 0.1) is 6.92 Å². The maximum Gasteiger partial charge on any atom is 0.261 e. The molecule has 0 spiro atoms. The number of thiophene rings is 1. The molecule has 0 fully saturated rings. The van der Waals surface area contributed by atoms with Gasteiger partial charge in [0.15, 0.2) is 5.76 Å². The molecule has 0 aliphatic heterocycles. The number of aryl methyl sites for hydroxylation is 1. The summed E-state index contributed by atoms with van der Waals surface area (Å²) in [6.45, 7) is 2.25. The quantitative estimate of drug-likeness (QED) is 0.800. The Morgan fingerprint density at radius 2 is 2.05 bits per heavy atom. The van der Waals surface area contributed by atoms with Gasteiger partial charge < -0.3 is 9.73 Å². The van der Waals surface area contributed by atoms with Crippen molar-refractivity contribution in [3.8, 4) is 11.3 Å². The van der Waals surface area contributed by atoms with Crippen LogP contribution < -0.4 is 5.32 Å². The lowest BCUT2D eigenvalue weighted by molar-refractivity contribution is 0.0951. The Morgan fingerprint density at radius 3 is 2.76 bits per heavy atom. The first-order valence-electron chi connectivity index (χ1n) is 6.57. The summed E-state index contributed by atoms with van der Waals surface area (Å²) in [5, 5.41) is 2.81. The fraction of sp³-hybridized carbons (Fsp3) is 0.125. The molecular formula is C16H14N2O2S. The fourth-order valence-electron chi connectivity index (χ4n) is 1.93. The van der Waals surface area contributed by atoms with Crippen molar-refractivity contribution in [2.75, 3.05) is 0 Å². The standard InChI is InChI=1S/C16H14N2O2S/c1-11-7-8-14(21-11)16(19)18-10-15-17-9-13(20-15)12-5-3-2-4-6-12/h2-9H,10H2,1H3,(H,18,19). The van der Waals surface area contributed by atoms with Crippen molar-refractivity contribution in [3.63, 3.8) is 0 Å². The predicted molar refractivity (Wildman–Crippen MR) is 82.2 cm³/mol. The van der Waals surface area contributed by atoms with Gasteiger partial charge in [0.25, 0.3) is 5.91 Å². The van der Waals surface area contributed by atoms with Gasteiger partial charge in [0.1, 0.15) is 0 Å². The molecule has 3 aromatic rings. The average Bonchev–Trinajstić information content (AvgIpc) is 3.15. The summed E-state index contributed by atoms with van der Waals surface area (Å²) in [5.74, 6) is 1.09. The van der Waals surface area contributed by atoms with E-state index in [-0.39, 0.29) is 12.5 Å². The molecule has 2 aromatic heterocycles. The molecule has 0 bridgehead atoms. The average molecular weight is 298 g/mol. The number of rotatable bonds is 4. The molecule has 21 heavy (non-hydrogen) atoms. The van der Waals surface area contributed by atoms with Gasteiger partial charge in [0, 0.05) is 10.4 Å². The summed E-state index contributed by atoms with van der Waals surface area (Å²) in [6.07, 6.45) is 1.67. The third-order valence-electron chi connectivity index (χ3n) is 2.98. The number of hydrogen-bond donors (Lipinski definition) is 1. The zero-order valence-electron chi connectivity index (χ0n) is 11.5. The Kier molecular flexibility index (Phi) is 3.83. The molecular weight excluding hydrogens is 284 g/mol.